The maximum absolute atomic E-state index is 13.0. The fourth-order valence-corrected chi connectivity index (χ4v) is 4.70. The molecule has 0 aliphatic heterocycles. The number of nitrogens with zero attached hydrogens (tertiary/aromatic N) is 1. The van der Waals surface area contributed by atoms with Gasteiger partial charge in [-0.05, 0) is 79.6 Å². The first-order valence-corrected chi connectivity index (χ1v) is 13.1. The van der Waals surface area contributed by atoms with Gasteiger partial charge in [0, 0.05) is 13.6 Å². The monoisotopic (exact) mass is 528 g/mol. The Morgan fingerprint density at radius 3 is 2.11 bits per heavy atom. The number of anilines is 1. The van der Waals surface area contributed by atoms with Gasteiger partial charge in [0.1, 0.15) is 11.5 Å². The lowest BCUT2D eigenvalue weighted by Gasteiger charge is -2.20. The molecule has 37 heavy (non-hydrogen) atoms. The van der Waals surface area contributed by atoms with Gasteiger partial charge < -0.3 is 24.3 Å². The molecule has 3 rings (SSSR count). The first-order chi connectivity index (χ1) is 17.8. The van der Waals surface area contributed by atoms with Crippen molar-refractivity contribution in [1.82, 2.24) is 5.32 Å². The molecule has 0 saturated carbocycles. The Morgan fingerprint density at radius 2 is 1.49 bits per heavy atom. The lowest BCUT2D eigenvalue weighted by Crippen LogP contribution is -2.30. The van der Waals surface area contributed by atoms with Crippen LogP contribution in [0.3, 0.4) is 0 Å². The van der Waals surface area contributed by atoms with E-state index in [9.17, 15) is 13.2 Å². The van der Waals surface area contributed by atoms with Crippen LogP contribution in [0, 0.1) is 0 Å². The number of carbonyl (C=O) groups excluding carboxylic acids is 1. The molecule has 0 aliphatic carbocycles. The summed E-state index contributed by atoms with van der Waals surface area (Å²) in [6, 6.07) is 18.4. The molecular weight excluding hydrogens is 496 g/mol. The second-order valence-electron chi connectivity index (χ2n) is 7.95. The van der Waals surface area contributed by atoms with E-state index in [2.05, 4.69) is 5.32 Å². The maximum atomic E-state index is 13.0. The average molecular weight is 529 g/mol. The minimum atomic E-state index is -3.75. The number of sulfonamides is 1. The molecule has 0 unspecified atom stereocenters. The van der Waals surface area contributed by atoms with E-state index in [1.165, 1.54) is 23.5 Å². The topological polar surface area (TPSA) is 103 Å². The molecule has 0 heterocycles. The summed E-state index contributed by atoms with van der Waals surface area (Å²) >= 11 is 0. The molecule has 0 saturated heterocycles. The van der Waals surface area contributed by atoms with Crippen molar-refractivity contribution >= 4 is 21.6 Å². The molecule has 3 aromatic rings. The minimum Gasteiger partial charge on any atom is -0.494 e. The third-order valence-corrected chi connectivity index (χ3v) is 7.35. The van der Waals surface area contributed by atoms with Crippen molar-refractivity contribution in [3.63, 3.8) is 0 Å². The molecule has 0 aromatic heterocycles. The van der Waals surface area contributed by atoms with Crippen LogP contribution in [-0.2, 0) is 21.2 Å². The van der Waals surface area contributed by atoms with Crippen molar-refractivity contribution in [2.24, 2.45) is 0 Å². The van der Waals surface area contributed by atoms with Gasteiger partial charge in [-0.25, -0.2) is 8.42 Å². The zero-order valence-corrected chi connectivity index (χ0v) is 22.2. The lowest BCUT2D eigenvalue weighted by molar-refractivity contribution is -0.123. The summed E-state index contributed by atoms with van der Waals surface area (Å²) in [6.07, 6.45) is 0.621. The van der Waals surface area contributed by atoms with E-state index in [0.717, 1.165) is 5.56 Å². The van der Waals surface area contributed by atoms with Gasteiger partial charge >= 0.3 is 0 Å². The zero-order valence-electron chi connectivity index (χ0n) is 21.4. The van der Waals surface area contributed by atoms with E-state index >= 15 is 0 Å². The largest absolute Gasteiger partial charge is 0.494 e. The van der Waals surface area contributed by atoms with Crippen molar-refractivity contribution in [3.8, 4) is 23.0 Å². The normalized spacial score (nSPS) is 10.9. The Hall–Kier alpha value is -3.92. The number of amides is 1. The number of ether oxygens (including phenoxy) is 4. The average Bonchev–Trinajstić information content (AvgIpc) is 2.92. The van der Waals surface area contributed by atoms with E-state index in [-0.39, 0.29) is 17.4 Å². The fourth-order valence-electron chi connectivity index (χ4n) is 3.51. The highest BCUT2D eigenvalue weighted by atomic mass is 32.2. The smallest absolute Gasteiger partial charge is 0.264 e. The Bertz CT molecular complexity index is 1280. The predicted molar refractivity (Wildman–Crippen MR) is 141 cm³/mol. The van der Waals surface area contributed by atoms with Crippen molar-refractivity contribution in [1.29, 1.82) is 0 Å². The molecule has 0 bridgehead atoms. The van der Waals surface area contributed by atoms with Gasteiger partial charge in [-0.2, -0.15) is 0 Å². The Balaban J connectivity index is 1.49. The van der Waals surface area contributed by atoms with E-state index in [1.807, 2.05) is 25.1 Å². The van der Waals surface area contributed by atoms with Crippen molar-refractivity contribution in [2.75, 3.05) is 45.3 Å². The lowest BCUT2D eigenvalue weighted by atomic mass is 10.1. The Kier molecular flexibility index (Phi) is 9.62. The first-order valence-electron chi connectivity index (χ1n) is 11.7. The first kappa shape index (κ1) is 27.7. The molecule has 0 radical (unpaired) electrons. The fraction of sp³-hybridized carbons (Fsp3) is 0.296. The quantitative estimate of drug-likeness (QED) is 0.361. The molecule has 9 nitrogen and oxygen atoms in total. The summed E-state index contributed by atoms with van der Waals surface area (Å²) in [5.41, 5.74) is 1.46. The van der Waals surface area contributed by atoms with Crippen molar-refractivity contribution in [2.45, 2.75) is 18.2 Å². The summed E-state index contributed by atoms with van der Waals surface area (Å²) in [5.74, 6) is 2.08. The molecule has 1 amide bonds. The maximum Gasteiger partial charge on any atom is 0.264 e. The third-order valence-electron chi connectivity index (χ3n) is 5.55. The van der Waals surface area contributed by atoms with Crippen LogP contribution in [0.1, 0.15) is 12.5 Å². The van der Waals surface area contributed by atoms with Crippen molar-refractivity contribution < 1.29 is 32.2 Å². The summed E-state index contributed by atoms with van der Waals surface area (Å²) in [7, 11) is 0.887. The highest BCUT2D eigenvalue weighted by Crippen LogP contribution is 2.28. The van der Waals surface area contributed by atoms with Gasteiger partial charge in [0.05, 0.1) is 31.4 Å². The molecule has 0 aliphatic rings. The predicted octanol–water partition coefficient (Wildman–Crippen LogP) is 3.67. The van der Waals surface area contributed by atoms with Gasteiger partial charge in [-0.15, -0.1) is 0 Å². The number of nitrogens with one attached hydrogen (secondary N) is 1. The number of hydrogen-bond acceptors (Lipinski definition) is 7. The molecule has 0 spiro atoms. The summed E-state index contributed by atoms with van der Waals surface area (Å²) in [6.45, 7) is 2.64. The van der Waals surface area contributed by atoms with Crippen LogP contribution < -0.4 is 28.6 Å². The van der Waals surface area contributed by atoms with Gasteiger partial charge in [0.15, 0.2) is 18.1 Å². The minimum absolute atomic E-state index is 0.156. The number of carbonyl (C=O) groups is 1. The van der Waals surface area contributed by atoms with Crippen LogP contribution in [0.25, 0.3) is 0 Å². The molecular formula is C27H32N2O7S. The van der Waals surface area contributed by atoms with Crippen molar-refractivity contribution in [3.05, 3.63) is 72.3 Å². The number of hydrogen-bond donors (Lipinski definition) is 1. The molecule has 198 valence electrons. The van der Waals surface area contributed by atoms with Gasteiger partial charge in [-0.3, -0.25) is 9.10 Å². The van der Waals surface area contributed by atoms with Crippen LogP contribution in [-0.4, -0.2) is 55.4 Å². The Labute approximate surface area is 218 Å². The molecule has 10 heteroatoms. The zero-order chi connectivity index (χ0) is 26.8. The molecule has 0 atom stereocenters. The van der Waals surface area contributed by atoms with E-state index < -0.39 is 10.0 Å². The number of methoxy groups -OCH3 is 2. The van der Waals surface area contributed by atoms with Gasteiger partial charge in [-0.1, -0.05) is 6.07 Å². The highest BCUT2D eigenvalue weighted by Gasteiger charge is 2.21. The van der Waals surface area contributed by atoms with Crippen LogP contribution in [0.4, 0.5) is 5.69 Å². The molecule has 0 fully saturated rings. The molecule has 1 N–H and O–H groups in total. The van der Waals surface area contributed by atoms with Crippen LogP contribution in [0.5, 0.6) is 23.0 Å². The summed E-state index contributed by atoms with van der Waals surface area (Å²) in [4.78, 5) is 12.3. The second-order valence-corrected chi connectivity index (χ2v) is 9.92. The number of rotatable bonds is 13. The van der Waals surface area contributed by atoms with Crippen LogP contribution in [0.15, 0.2) is 71.6 Å². The summed E-state index contributed by atoms with van der Waals surface area (Å²) < 4.78 is 48.6. The highest BCUT2D eigenvalue weighted by molar-refractivity contribution is 7.92. The second kappa shape index (κ2) is 12.9. The third kappa shape index (κ3) is 7.29. The SMILES string of the molecule is CCOc1ccc(S(=O)(=O)N(C)c2ccc(OCC(=O)NCCc3ccc(OC)c(OC)c3)cc2)cc1. The van der Waals surface area contributed by atoms with E-state index in [1.54, 1.807) is 50.6 Å². The van der Waals surface area contributed by atoms with Gasteiger partial charge in [0.25, 0.3) is 15.9 Å². The molecule has 3 aromatic carbocycles. The van der Waals surface area contributed by atoms with Crippen LogP contribution >= 0.6 is 0 Å². The Morgan fingerprint density at radius 1 is 0.865 bits per heavy atom. The van der Waals surface area contributed by atoms with E-state index in [0.29, 0.717) is 48.3 Å². The van der Waals surface area contributed by atoms with E-state index in [4.69, 9.17) is 18.9 Å². The standard InChI is InChI=1S/C27H32N2O7S/c1-5-35-22-11-13-24(14-12-22)37(31,32)29(2)21-7-9-23(10-8-21)36-19-27(30)28-17-16-20-6-15-25(33-3)26(18-20)34-4/h6-15,18H,5,16-17,19H2,1-4H3,(H,28,30). The van der Waals surface area contributed by atoms with Gasteiger partial charge in [0.2, 0.25) is 0 Å². The van der Waals surface area contributed by atoms with Crippen LogP contribution in [0.2, 0.25) is 0 Å². The summed E-state index contributed by atoms with van der Waals surface area (Å²) in [5, 5.41) is 2.81. The number of benzene rings is 3.